The van der Waals surface area contributed by atoms with E-state index in [1.165, 1.54) is 27.7 Å². The third kappa shape index (κ3) is 2.96. The Balaban J connectivity index is 1.68. The van der Waals surface area contributed by atoms with Gasteiger partial charge in [0.15, 0.2) is 0 Å². The molecular weight excluding hydrogens is 424 g/mol. The molecule has 3 nitrogen and oxygen atoms in total. The van der Waals surface area contributed by atoms with Crippen molar-refractivity contribution in [3.8, 4) is 5.75 Å². The molecule has 2 heterocycles. The van der Waals surface area contributed by atoms with Gasteiger partial charge in [-0.1, -0.05) is 34.1 Å². The standard InChI is InChI=1S/C25H27BrN2O/c1-3-10-28-11-9-25(17-5-4-6-20(29)12-17)15-24-21(13-18(25)16-28)22-14-19(26)7-8-23(22)27(24)2/h3-8,12,14,18,29H,1,9-11,13,15-16H2,2H3. The van der Waals surface area contributed by atoms with Gasteiger partial charge in [0.2, 0.25) is 0 Å². The molecule has 1 aromatic heterocycles. The highest BCUT2D eigenvalue weighted by Crippen LogP contribution is 2.50. The summed E-state index contributed by atoms with van der Waals surface area (Å²) in [5.41, 5.74) is 5.63. The van der Waals surface area contributed by atoms with Crippen LogP contribution in [0.25, 0.3) is 10.9 Å². The van der Waals surface area contributed by atoms with Gasteiger partial charge in [0.1, 0.15) is 5.75 Å². The van der Waals surface area contributed by atoms with Gasteiger partial charge in [-0.05, 0) is 73.2 Å². The van der Waals surface area contributed by atoms with E-state index < -0.39 is 0 Å². The zero-order valence-electron chi connectivity index (χ0n) is 16.9. The lowest BCUT2D eigenvalue weighted by Crippen LogP contribution is -2.53. The zero-order chi connectivity index (χ0) is 20.2. The number of halogens is 1. The largest absolute Gasteiger partial charge is 0.508 e. The van der Waals surface area contributed by atoms with Crippen LogP contribution in [0.4, 0.5) is 0 Å². The van der Waals surface area contributed by atoms with Crippen molar-refractivity contribution in [1.29, 1.82) is 0 Å². The van der Waals surface area contributed by atoms with E-state index in [0.29, 0.717) is 11.7 Å². The predicted octanol–water partition coefficient (Wildman–Crippen LogP) is 5.19. The molecule has 2 aromatic carbocycles. The van der Waals surface area contributed by atoms with E-state index in [4.69, 9.17) is 0 Å². The molecule has 0 spiro atoms. The Morgan fingerprint density at radius 1 is 1.28 bits per heavy atom. The molecule has 1 saturated heterocycles. The number of rotatable bonds is 3. The fourth-order valence-electron chi connectivity index (χ4n) is 5.82. The van der Waals surface area contributed by atoms with Crippen LogP contribution in [-0.4, -0.2) is 34.2 Å². The highest BCUT2D eigenvalue weighted by molar-refractivity contribution is 9.10. The van der Waals surface area contributed by atoms with E-state index in [1.807, 2.05) is 18.2 Å². The monoisotopic (exact) mass is 450 g/mol. The lowest BCUT2D eigenvalue weighted by atomic mass is 9.58. The van der Waals surface area contributed by atoms with E-state index >= 15 is 0 Å². The SMILES string of the molecule is C=CCN1CCC2(c3cccc(O)c3)Cc3c(c4cc(Br)ccc4n3C)CC2C1. The van der Waals surface area contributed by atoms with Crippen molar-refractivity contribution in [2.24, 2.45) is 13.0 Å². The zero-order valence-corrected chi connectivity index (χ0v) is 18.5. The minimum atomic E-state index is 0.0722. The molecular formula is C25H27BrN2O. The summed E-state index contributed by atoms with van der Waals surface area (Å²) in [5.74, 6) is 0.894. The molecule has 4 heteroatoms. The molecule has 0 bridgehead atoms. The van der Waals surface area contributed by atoms with Crippen LogP contribution in [0.2, 0.25) is 0 Å². The highest BCUT2D eigenvalue weighted by atomic mass is 79.9. The third-order valence-corrected chi connectivity index (χ3v) is 7.77. The Morgan fingerprint density at radius 3 is 2.93 bits per heavy atom. The lowest BCUT2D eigenvalue weighted by molar-refractivity contribution is 0.0888. The average molecular weight is 451 g/mol. The maximum atomic E-state index is 10.2. The lowest BCUT2D eigenvalue weighted by Gasteiger charge is -2.51. The molecule has 0 amide bonds. The van der Waals surface area contributed by atoms with Gasteiger partial charge in [0, 0.05) is 46.6 Å². The summed E-state index contributed by atoms with van der Waals surface area (Å²) in [4.78, 5) is 2.53. The van der Waals surface area contributed by atoms with Gasteiger partial charge in [0.25, 0.3) is 0 Å². The maximum absolute atomic E-state index is 10.2. The topological polar surface area (TPSA) is 28.4 Å². The summed E-state index contributed by atoms with van der Waals surface area (Å²) in [5, 5.41) is 11.6. The Kier molecular flexibility index (Phi) is 4.60. The third-order valence-electron chi connectivity index (χ3n) is 7.27. The Hall–Kier alpha value is -2.04. The summed E-state index contributed by atoms with van der Waals surface area (Å²) in [7, 11) is 2.21. The molecule has 2 aliphatic rings. The molecule has 1 fully saturated rings. The number of aromatic nitrogens is 1. The van der Waals surface area contributed by atoms with Gasteiger partial charge < -0.3 is 9.67 Å². The van der Waals surface area contributed by atoms with Crippen LogP contribution in [-0.2, 0) is 25.3 Å². The van der Waals surface area contributed by atoms with E-state index in [9.17, 15) is 5.11 Å². The van der Waals surface area contributed by atoms with Crippen molar-refractivity contribution in [2.45, 2.75) is 24.7 Å². The maximum Gasteiger partial charge on any atom is 0.115 e. The highest BCUT2D eigenvalue weighted by Gasteiger charge is 2.48. The summed E-state index contributed by atoms with van der Waals surface area (Å²) >= 11 is 3.67. The molecule has 2 atom stereocenters. The predicted molar refractivity (Wildman–Crippen MR) is 123 cm³/mol. The van der Waals surface area contributed by atoms with Gasteiger partial charge in [-0.3, -0.25) is 4.90 Å². The van der Waals surface area contributed by atoms with Crippen LogP contribution in [0.3, 0.4) is 0 Å². The second-order valence-corrected chi connectivity index (χ2v) is 9.64. The van der Waals surface area contributed by atoms with E-state index in [0.717, 1.165) is 43.4 Å². The number of phenolic OH excluding ortho intramolecular Hbond substituents is 1. The van der Waals surface area contributed by atoms with E-state index in [-0.39, 0.29) is 5.41 Å². The molecule has 5 rings (SSSR count). The number of likely N-dealkylation sites (tertiary alicyclic amines) is 1. The number of nitrogens with zero attached hydrogens (tertiary/aromatic N) is 2. The first-order chi connectivity index (χ1) is 14.0. The molecule has 1 N–H and O–H groups in total. The molecule has 0 saturated carbocycles. The Morgan fingerprint density at radius 2 is 2.14 bits per heavy atom. The summed E-state index contributed by atoms with van der Waals surface area (Å²) in [6.07, 6.45) is 5.23. The number of hydrogen-bond acceptors (Lipinski definition) is 2. The summed E-state index contributed by atoms with van der Waals surface area (Å²) in [6, 6.07) is 14.6. The van der Waals surface area contributed by atoms with Crippen molar-refractivity contribution in [3.05, 3.63) is 76.4 Å². The average Bonchev–Trinajstić information content (AvgIpc) is 2.97. The molecule has 3 aromatic rings. The fourth-order valence-corrected chi connectivity index (χ4v) is 6.18. The number of aryl methyl sites for hydroxylation is 1. The van der Waals surface area contributed by atoms with Gasteiger partial charge in [-0.15, -0.1) is 6.58 Å². The second-order valence-electron chi connectivity index (χ2n) is 8.73. The van der Waals surface area contributed by atoms with Crippen molar-refractivity contribution in [2.75, 3.05) is 19.6 Å². The van der Waals surface area contributed by atoms with Gasteiger partial charge in [0.05, 0.1) is 0 Å². The fraction of sp³-hybridized carbons (Fsp3) is 0.360. The number of piperidine rings is 1. The second kappa shape index (κ2) is 7.03. The van der Waals surface area contributed by atoms with Gasteiger partial charge >= 0.3 is 0 Å². The van der Waals surface area contributed by atoms with Crippen molar-refractivity contribution in [3.63, 3.8) is 0 Å². The Labute approximate surface area is 180 Å². The van der Waals surface area contributed by atoms with Crippen LogP contribution >= 0.6 is 15.9 Å². The number of phenols is 1. The van der Waals surface area contributed by atoms with Crippen LogP contribution in [0.5, 0.6) is 5.75 Å². The summed E-state index contributed by atoms with van der Waals surface area (Å²) in [6.45, 7) is 7.04. The van der Waals surface area contributed by atoms with E-state index in [1.54, 1.807) is 6.07 Å². The minimum Gasteiger partial charge on any atom is -0.508 e. The first-order valence-corrected chi connectivity index (χ1v) is 11.2. The van der Waals surface area contributed by atoms with Gasteiger partial charge in [-0.2, -0.15) is 0 Å². The van der Waals surface area contributed by atoms with Crippen LogP contribution < -0.4 is 0 Å². The Bertz CT molecular complexity index is 1100. The van der Waals surface area contributed by atoms with Crippen LogP contribution in [0, 0.1) is 5.92 Å². The number of fused-ring (bicyclic) bond motifs is 4. The number of benzene rings is 2. The van der Waals surface area contributed by atoms with Crippen molar-refractivity contribution in [1.82, 2.24) is 9.47 Å². The van der Waals surface area contributed by atoms with Crippen molar-refractivity contribution >= 4 is 26.8 Å². The molecule has 1 aliphatic carbocycles. The summed E-state index contributed by atoms with van der Waals surface area (Å²) < 4.78 is 3.54. The first kappa shape index (κ1) is 19.0. The van der Waals surface area contributed by atoms with Crippen molar-refractivity contribution < 1.29 is 5.11 Å². The molecule has 0 radical (unpaired) electrons. The van der Waals surface area contributed by atoms with Crippen LogP contribution in [0.15, 0.2) is 59.6 Å². The molecule has 2 unspecified atom stereocenters. The normalized spacial score (nSPS) is 24.3. The van der Waals surface area contributed by atoms with Crippen LogP contribution in [0.1, 0.15) is 23.2 Å². The molecule has 150 valence electrons. The first-order valence-electron chi connectivity index (χ1n) is 10.4. The van der Waals surface area contributed by atoms with Gasteiger partial charge in [-0.25, -0.2) is 0 Å². The molecule has 29 heavy (non-hydrogen) atoms. The molecule has 1 aliphatic heterocycles. The quantitative estimate of drug-likeness (QED) is 0.556. The smallest absolute Gasteiger partial charge is 0.115 e. The number of hydrogen-bond donors (Lipinski definition) is 1. The van der Waals surface area contributed by atoms with E-state index in [2.05, 4.69) is 63.3 Å². The number of aromatic hydroxyl groups is 1. The minimum absolute atomic E-state index is 0.0722.